The maximum atomic E-state index is 12.3. The fraction of sp³-hybridized carbons (Fsp3) is 0.263. The number of quaternary nitrogens is 1. The van der Waals surface area contributed by atoms with Crippen LogP contribution in [0.4, 0.5) is 0 Å². The summed E-state index contributed by atoms with van der Waals surface area (Å²) in [5.41, 5.74) is 1.73. The maximum Gasteiger partial charge on any atom is 0.258 e. The first-order chi connectivity index (χ1) is 12.0. The Balaban J connectivity index is 1.89. The van der Waals surface area contributed by atoms with Gasteiger partial charge in [0.1, 0.15) is 18.3 Å². The minimum atomic E-state index is -0.0970. The van der Waals surface area contributed by atoms with E-state index in [1.54, 1.807) is 13.2 Å². The maximum absolute atomic E-state index is 12.3. The van der Waals surface area contributed by atoms with Crippen LogP contribution in [0.25, 0.3) is 10.9 Å². The molecule has 6 heteroatoms. The number of H-pyrrole nitrogens is 1. The lowest BCUT2D eigenvalue weighted by atomic mass is 10.1. The molecule has 5 nitrogen and oxygen atoms in total. The number of fused-ring (bicyclic) bond motifs is 1. The molecule has 1 unspecified atom stereocenters. The lowest BCUT2D eigenvalue weighted by Crippen LogP contribution is -3.07. The fourth-order valence-corrected chi connectivity index (χ4v) is 3.29. The van der Waals surface area contributed by atoms with Crippen molar-refractivity contribution in [3.05, 3.63) is 68.7 Å². The van der Waals surface area contributed by atoms with Gasteiger partial charge in [0, 0.05) is 10.0 Å². The lowest BCUT2D eigenvalue weighted by molar-refractivity contribution is -0.924. The van der Waals surface area contributed by atoms with Gasteiger partial charge in [0.2, 0.25) is 0 Å². The Morgan fingerprint density at radius 1 is 1.28 bits per heavy atom. The number of para-hydroxylation sites is 1. The summed E-state index contributed by atoms with van der Waals surface area (Å²) >= 11 is 3.51. The van der Waals surface area contributed by atoms with Crippen molar-refractivity contribution < 1.29 is 9.64 Å². The van der Waals surface area contributed by atoms with Gasteiger partial charge in [-0.1, -0.05) is 28.1 Å². The molecule has 3 aromatic rings. The molecule has 2 N–H and O–H groups in total. The van der Waals surface area contributed by atoms with Gasteiger partial charge in [0.15, 0.2) is 5.82 Å². The Labute approximate surface area is 154 Å². The number of aromatic nitrogens is 2. The van der Waals surface area contributed by atoms with Crippen LogP contribution in [0.1, 0.15) is 24.4 Å². The molecule has 1 heterocycles. The molecule has 3 rings (SSSR count). The van der Waals surface area contributed by atoms with E-state index in [0.29, 0.717) is 11.2 Å². The summed E-state index contributed by atoms with van der Waals surface area (Å²) in [4.78, 5) is 21.1. The molecule has 0 saturated carbocycles. The summed E-state index contributed by atoms with van der Waals surface area (Å²) in [6.07, 6.45) is 0. The van der Waals surface area contributed by atoms with Crippen molar-refractivity contribution in [3.8, 4) is 5.75 Å². The zero-order valence-electron chi connectivity index (χ0n) is 14.5. The molecule has 0 aliphatic rings. The Bertz CT molecular complexity index is 955. The van der Waals surface area contributed by atoms with Crippen molar-refractivity contribution in [1.82, 2.24) is 9.97 Å². The number of rotatable bonds is 5. The van der Waals surface area contributed by atoms with E-state index in [2.05, 4.69) is 45.9 Å². The topological polar surface area (TPSA) is 59.4 Å². The van der Waals surface area contributed by atoms with Gasteiger partial charge in [-0.15, -0.1) is 0 Å². The largest absolute Gasteiger partial charge is 0.496 e. The number of hydrogen-bond donors (Lipinski definition) is 2. The quantitative estimate of drug-likeness (QED) is 0.688. The number of ether oxygens (including phenoxy) is 1. The van der Waals surface area contributed by atoms with Gasteiger partial charge in [-0.05, 0) is 37.3 Å². The van der Waals surface area contributed by atoms with E-state index in [0.717, 1.165) is 27.8 Å². The van der Waals surface area contributed by atoms with Crippen LogP contribution < -0.4 is 15.2 Å². The fourth-order valence-electron chi connectivity index (χ4n) is 2.88. The average Bonchev–Trinajstić information content (AvgIpc) is 2.61. The molecule has 2 atom stereocenters. The van der Waals surface area contributed by atoms with E-state index in [-0.39, 0.29) is 11.6 Å². The standard InChI is InChI=1S/C19H20BrN3O2/c1-12(18-21-16-7-5-4-6-15(16)19(24)22-18)23(2)11-13-10-14(20)8-9-17(13)25-3/h4-10,12H,11H2,1-3H3,(H,21,22,24)/p+1/t12-/m1/s1. The van der Waals surface area contributed by atoms with E-state index in [9.17, 15) is 4.79 Å². The van der Waals surface area contributed by atoms with Gasteiger partial charge in [0.05, 0.1) is 25.1 Å². The second-order valence-corrected chi connectivity index (χ2v) is 7.08. The highest BCUT2D eigenvalue weighted by molar-refractivity contribution is 9.10. The molecule has 130 valence electrons. The van der Waals surface area contributed by atoms with Crippen molar-refractivity contribution >= 4 is 26.8 Å². The monoisotopic (exact) mass is 402 g/mol. The van der Waals surface area contributed by atoms with Gasteiger partial charge < -0.3 is 14.6 Å². The Kier molecular flexibility index (Phi) is 5.20. The Hall–Kier alpha value is -2.18. The third-order valence-corrected chi connectivity index (χ3v) is 4.99. The van der Waals surface area contributed by atoms with Crippen LogP contribution in [-0.4, -0.2) is 24.1 Å². The first kappa shape index (κ1) is 17.6. The second kappa shape index (κ2) is 7.37. The zero-order chi connectivity index (χ0) is 18.0. The second-order valence-electron chi connectivity index (χ2n) is 6.17. The van der Waals surface area contributed by atoms with Gasteiger partial charge in [-0.25, -0.2) is 4.98 Å². The zero-order valence-corrected chi connectivity index (χ0v) is 16.1. The summed E-state index contributed by atoms with van der Waals surface area (Å²) in [5.74, 6) is 1.55. The van der Waals surface area contributed by atoms with E-state index in [1.165, 1.54) is 4.90 Å². The number of methoxy groups -OCH3 is 1. The van der Waals surface area contributed by atoms with E-state index in [1.807, 2.05) is 30.3 Å². The van der Waals surface area contributed by atoms with Crippen LogP contribution in [0.15, 0.2) is 51.7 Å². The van der Waals surface area contributed by atoms with Crippen molar-refractivity contribution in [2.45, 2.75) is 19.5 Å². The molecule has 0 radical (unpaired) electrons. The predicted molar refractivity (Wildman–Crippen MR) is 102 cm³/mol. The summed E-state index contributed by atoms with van der Waals surface area (Å²) in [5, 5.41) is 0.616. The molecule has 0 aliphatic carbocycles. The highest BCUT2D eigenvalue weighted by Gasteiger charge is 2.20. The highest BCUT2D eigenvalue weighted by Crippen LogP contribution is 2.22. The van der Waals surface area contributed by atoms with E-state index in [4.69, 9.17) is 4.74 Å². The molecule has 0 amide bonds. The van der Waals surface area contributed by atoms with Crippen LogP contribution in [0.5, 0.6) is 5.75 Å². The third-order valence-electron chi connectivity index (χ3n) is 4.49. The van der Waals surface area contributed by atoms with Crippen LogP contribution in [-0.2, 0) is 6.54 Å². The van der Waals surface area contributed by atoms with Crippen molar-refractivity contribution in [2.24, 2.45) is 0 Å². The number of benzene rings is 2. The number of aromatic amines is 1. The third kappa shape index (κ3) is 3.75. The van der Waals surface area contributed by atoms with Crippen molar-refractivity contribution in [2.75, 3.05) is 14.2 Å². The van der Waals surface area contributed by atoms with Crippen LogP contribution >= 0.6 is 15.9 Å². The molecule has 0 saturated heterocycles. The normalized spacial score (nSPS) is 13.6. The SMILES string of the molecule is COc1ccc(Br)cc1C[NH+](C)[C@H](C)c1nc2ccccc2c(=O)[nH]1. The number of nitrogens with zero attached hydrogens (tertiary/aromatic N) is 1. The molecule has 0 aliphatic heterocycles. The summed E-state index contributed by atoms with van der Waals surface area (Å²) in [6.45, 7) is 2.81. The molecule has 25 heavy (non-hydrogen) atoms. The van der Waals surface area contributed by atoms with Gasteiger partial charge in [-0.3, -0.25) is 4.79 Å². The smallest absolute Gasteiger partial charge is 0.258 e. The van der Waals surface area contributed by atoms with E-state index < -0.39 is 0 Å². The summed E-state index contributed by atoms with van der Waals surface area (Å²) < 4.78 is 6.47. The molecule has 0 spiro atoms. The highest BCUT2D eigenvalue weighted by atomic mass is 79.9. The lowest BCUT2D eigenvalue weighted by Gasteiger charge is -2.22. The van der Waals surface area contributed by atoms with Gasteiger partial charge in [0.25, 0.3) is 5.56 Å². The van der Waals surface area contributed by atoms with Crippen LogP contribution in [0.3, 0.4) is 0 Å². The number of hydrogen-bond acceptors (Lipinski definition) is 3. The number of halogens is 1. The minimum Gasteiger partial charge on any atom is -0.496 e. The molecule has 0 bridgehead atoms. The van der Waals surface area contributed by atoms with E-state index >= 15 is 0 Å². The first-order valence-corrected chi connectivity index (χ1v) is 8.92. The Morgan fingerprint density at radius 3 is 2.80 bits per heavy atom. The molecule has 0 fully saturated rings. The molecular weight excluding hydrogens is 382 g/mol. The predicted octanol–water partition coefficient (Wildman–Crippen LogP) is 2.47. The van der Waals surface area contributed by atoms with Crippen molar-refractivity contribution in [3.63, 3.8) is 0 Å². The number of nitrogens with one attached hydrogen (secondary N) is 2. The first-order valence-electron chi connectivity index (χ1n) is 8.13. The van der Waals surface area contributed by atoms with Crippen LogP contribution in [0.2, 0.25) is 0 Å². The molecule has 2 aromatic carbocycles. The van der Waals surface area contributed by atoms with Crippen molar-refractivity contribution in [1.29, 1.82) is 0 Å². The summed E-state index contributed by atoms with van der Waals surface area (Å²) in [7, 11) is 3.76. The van der Waals surface area contributed by atoms with Gasteiger partial charge >= 0.3 is 0 Å². The van der Waals surface area contributed by atoms with Crippen LogP contribution in [0, 0.1) is 0 Å². The molecular formula is C19H21BrN3O2+. The Morgan fingerprint density at radius 2 is 2.04 bits per heavy atom. The summed E-state index contributed by atoms with van der Waals surface area (Å²) in [6, 6.07) is 13.4. The van der Waals surface area contributed by atoms with Gasteiger partial charge in [-0.2, -0.15) is 0 Å². The minimum absolute atomic E-state index is 0.0287. The average molecular weight is 403 g/mol. The molecule has 1 aromatic heterocycles.